The Balaban J connectivity index is 1.43. The van der Waals surface area contributed by atoms with Crippen molar-refractivity contribution in [2.24, 2.45) is 0 Å². The predicted octanol–water partition coefficient (Wildman–Crippen LogP) is 4.38. The van der Waals surface area contributed by atoms with Gasteiger partial charge in [-0.25, -0.2) is 9.97 Å². The molecule has 0 atom stereocenters. The lowest BCUT2D eigenvalue weighted by Gasteiger charge is -2.35. The first-order valence-corrected chi connectivity index (χ1v) is 11.0. The first-order chi connectivity index (χ1) is 14.3. The molecule has 0 N–H and O–H groups in total. The van der Waals surface area contributed by atoms with Crippen LogP contribution in [0.4, 0.5) is 5.82 Å². The van der Waals surface area contributed by atoms with Gasteiger partial charge in [0.25, 0.3) is 0 Å². The topological polar surface area (TPSA) is 58.6 Å². The van der Waals surface area contributed by atoms with Crippen LogP contribution in [0, 0.1) is 13.8 Å². The van der Waals surface area contributed by atoms with E-state index in [1.807, 2.05) is 43.0 Å². The van der Waals surface area contributed by atoms with E-state index in [0.29, 0.717) is 25.4 Å². The number of hydrogen-bond donors (Lipinski definition) is 0. The van der Waals surface area contributed by atoms with Gasteiger partial charge in [0.2, 0.25) is 5.91 Å². The lowest BCUT2D eigenvalue weighted by atomic mass is 10.2. The number of piperazine rings is 1. The summed E-state index contributed by atoms with van der Waals surface area (Å²) < 4.78 is 5.74. The highest BCUT2D eigenvalue weighted by Gasteiger charge is 2.22. The first kappa shape index (κ1) is 22.3. The van der Waals surface area contributed by atoms with Crippen molar-refractivity contribution in [1.82, 2.24) is 14.9 Å². The SMILES string of the molecule is Cc1cc(N2CCN(C(=O)CCCOc3ccc(Cl)c(C)c3)CC2)nc(C(C)C)n1. The third kappa shape index (κ3) is 5.85. The quantitative estimate of drug-likeness (QED) is 0.610. The molecule has 1 amide bonds. The van der Waals surface area contributed by atoms with Gasteiger partial charge in [0.15, 0.2) is 0 Å². The van der Waals surface area contributed by atoms with Crippen LogP contribution in [0.1, 0.15) is 49.7 Å². The molecule has 2 aromatic rings. The number of carbonyl (C=O) groups excluding carboxylic acids is 1. The summed E-state index contributed by atoms with van der Waals surface area (Å²) in [5.41, 5.74) is 1.97. The molecule has 0 spiro atoms. The van der Waals surface area contributed by atoms with E-state index in [2.05, 4.69) is 23.7 Å². The Bertz CT molecular complexity index is 880. The number of carbonyl (C=O) groups is 1. The molecule has 0 bridgehead atoms. The van der Waals surface area contributed by atoms with Crippen molar-refractivity contribution in [2.45, 2.75) is 46.5 Å². The summed E-state index contributed by atoms with van der Waals surface area (Å²) in [6.45, 7) is 11.7. The molecule has 30 heavy (non-hydrogen) atoms. The molecule has 162 valence electrons. The van der Waals surface area contributed by atoms with E-state index in [1.165, 1.54) is 0 Å². The molecule has 2 heterocycles. The van der Waals surface area contributed by atoms with Crippen molar-refractivity contribution in [3.63, 3.8) is 0 Å². The van der Waals surface area contributed by atoms with Crippen LogP contribution in [0.5, 0.6) is 5.75 Å². The van der Waals surface area contributed by atoms with E-state index in [4.69, 9.17) is 21.3 Å². The van der Waals surface area contributed by atoms with E-state index in [1.54, 1.807) is 0 Å². The third-order valence-electron chi connectivity index (χ3n) is 5.26. The van der Waals surface area contributed by atoms with Gasteiger partial charge in [-0.1, -0.05) is 25.4 Å². The van der Waals surface area contributed by atoms with Gasteiger partial charge in [-0.3, -0.25) is 4.79 Å². The number of amides is 1. The Morgan fingerprint density at radius 2 is 1.87 bits per heavy atom. The minimum absolute atomic E-state index is 0.187. The Morgan fingerprint density at radius 1 is 1.13 bits per heavy atom. The Labute approximate surface area is 184 Å². The van der Waals surface area contributed by atoms with E-state index in [0.717, 1.165) is 59.9 Å². The van der Waals surface area contributed by atoms with Crippen molar-refractivity contribution in [3.05, 3.63) is 46.4 Å². The van der Waals surface area contributed by atoms with Gasteiger partial charge in [-0.05, 0) is 44.0 Å². The zero-order valence-corrected chi connectivity index (χ0v) is 19.1. The molecule has 0 aliphatic carbocycles. The highest BCUT2D eigenvalue weighted by atomic mass is 35.5. The van der Waals surface area contributed by atoms with Crippen molar-refractivity contribution >= 4 is 23.3 Å². The average Bonchev–Trinajstić information content (AvgIpc) is 2.73. The summed E-state index contributed by atoms with van der Waals surface area (Å²) in [5.74, 6) is 3.11. The number of aryl methyl sites for hydroxylation is 2. The molecule has 1 aliphatic heterocycles. The maximum absolute atomic E-state index is 12.6. The molecule has 0 saturated carbocycles. The maximum atomic E-state index is 12.6. The smallest absolute Gasteiger partial charge is 0.222 e. The molecule has 1 fully saturated rings. The number of nitrogens with zero attached hydrogens (tertiary/aromatic N) is 4. The Hall–Kier alpha value is -2.34. The predicted molar refractivity (Wildman–Crippen MR) is 121 cm³/mol. The fourth-order valence-corrected chi connectivity index (χ4v) is 3.58. The van der Waals surface area contributed by atoms with E-state index >= 15 is 0 Å². The molecule has 7 heteroatoms. The zero-order valence-electron chi connectivity index (χ0n) is 18.3. The minimum atomic E-state index is 0.187. The van der Waals surface area contributed by atoms with Crippen molar-refractivity contribution in [2.75, 3.05) is 37.7 Å². The van der Waals surface area contributed by atoms with Gasteiger partial charge in [0.05, 0.1) is 6.61 Å². The average molecular weight is 431 g/mol. The number of benzene rings is 1. The molecular formula is C23H31ClN4O2. The van der Waals surface area contributed by atoms with Gasteiger partial charge >= 0.3 is 0 Å². The molecule has 0 radical (unpaired) electrons. The third-order valence-corrected chi connectivity index (χ3v) is 5.69. The normalized spacial score (nSPS) is 14.3. The van der Waals surface area contributed by atoms with Gasteiger partial charge in [0, 0.05) is 55.3 Å². The number of anilines is 1. The van der Waals surface area contributed by atoms with Gasteiger partial charge < -0.3 is 14.5 Å². The minimum Gasteiger partial charge on any atom is -0.494 e. The Morgan fingerprint density at radius 3 is 2.53 bits per heavy atom. The molecule has 3 rings (SSSR count). The molecule has 1 aliphatic rings. The van der Waals surface area contributed by atoms with Crippen LogP contribution >= 0.6 is 11.6 Å². The molecule has 6 nitrogen and oxygen atoms in total. The fourth-order valence-electron chi connectivity index (χ4n) is 3.46. The monoisotopic (exact) mass is 430 g/mol. The van der Waals surface area contributed by atoms with E-state index < -0.39 is 0 Å². The van der Waals surface area contributed by atoms with Crippen molar-refractivity contribution in [3.8, 4) is 5.75 Å². The van der Waals surface area contributed by atoms with Crippen LogP contribution in [0.15, 0.2) is 24.3 Å². The van der Waals surface area contributed by atoms with E-state index in [9.17, 15) is 4.79 Å². The summed E-state index contributed by atoms with van der Waals surface area (Å²) in [6.07, 6.45) is 1.19. The molecule has 0 unspecified atom stereocenters. The number of hydrogen-bond acceptors (Lipinski definition) is 5. The van der Waals surface area contributed by atoms with Gasteiger partial charge in [-0.2, -0.15) is 0 Å². The molecular weight excluding hydrogens is 400 g/mol. The second-order valence-electron chi connectivity index (χ2n) is 8.11. The number of ether oxygens (including phenoxy) is 1. The van der Waals surface area contributed by atoms with Gasteiger partial charge in [0.1, 0.15) is 17.4 Å². The Kier molecular flexibility index (Phi) is 7.53. The summed E-state index contributed by atoms with van der Waals surface area (Å²) in [6, 6.07) is 7.64. The van der Waals surface area contributed by atoms with Crippen LogP contribution < -0.4 is 9.64 Å². The number of aromatic nitrogens is 2. The summed E-state index contributed by atoms with van der Waals surface area (Å²) in [4.78, 5) is 26.0. The summed E-state index contributed by atoms with van der Waals surface area (Å²) in [5, 5.41) is 0.731. The van der Waals surface area contributed by atoms with Crippen LogP contribution in [0.2, 0.25) is 5.02 Å². The lowest BCUT2D eigenvalue weighted by Crippen LogP contribution is -2.49. The number of halogens is 1. The van der Waals surface area contributed by atoms with Crippen LogP contribution in [0.3, 0.4) is 0 Å². The highest BCUT2D eigenvalue weighted by Crippen LogP contribution is 2.22. The standard InChI is InChI=1S/C23H31ClN4O2/c1-16(2)23-25-18(4)15-21(26-23)27-9-11-28(12-10-27)22(29)6-5-13-30-19-7-8-20(24)17(3)14-19/h7-8,14-16H,5-6,9-13H2,1-4H3. The lowest BCUT2D eigenvalue weighted by molar-refractivity contribution is -0.131. The van der Waals surface area contributed by atoms with Crippen LogP contribution in [-0.2, 0) is 4.79 Å². The van der Waals surface area contributed by atoms with Crippen molar-refractivity contribution in [1.29, 1.82) is 0 Å². The maximum Gasteiger partial charge on any atom is 0.222 e. The zero-order chi connectivity index (χ0) is 21.7. The second kappa shape index (κ2) is 10.1. The van der Waals surface area contributed by atoms with E-state index in [-0.39, 0.29) is 5.91 Å². The van der Waals surface area contributed by atoms with Crippen LogP contribution in [0.25, 0.3) is 0 Å². The fraction of sp³-hybridized carbons (Fsp3) is 0.522. The summed E-state index contributed by atoms with van der Waals surface area (Å²) in [7, 11) is 0. The molecule has 1 aromatic carbocycles. The molecule has 1 aromatic heterocycles. The second-order valence-corrected chi connectivity index (χ2v) is 8.52. The van der Waals surface area contributed by atoms with Gasteiger partial charge in [-0.15, -0.1) is 0 Å². The highest BCUT2D eigenvalue weighted by molar-refractivity contribution is 6.31. The number of rotatable bonds is 7. The molecule has 1 saturated heterocycles. The van der Waals surface area contributed by atoms with Crippen molar-refractivity contribution < 1.29 is 9.53 Å². The summed E-state index contributed by atoms with van der Waals surface area (Å²) >= 11 is 6.03. The first-order valence-electron chi connectivity index (χ1n) is 10.6. The largest absolute Gasteiger partial charge is 0.494 e. The van der Waals surface area contributed by atoms with Crippen LogP contribution in [-0.4, -0.2) is 53.6 Å².